The molecule has 0 spiro atoms. The van der Waals surface area contributed by atoms with Crippen molar-refractivity contribution in [2.45, 2.75) is 45.2 Å². The van der Waals surface area contributed by atoms with Crippen LogP contribution in [0.4, 0.5) is 5.69 Å². The van der Waals surface area contributed by atoms with Crippen molar-refractivity contribution in [3.05, 3.63) is 52.2 Å². The second-order valence-electron chi connectivity index (χ2n) is 8.17. The number of hydrogen-bond donors (Lipinski definition) is 1. The van der Waals surface area contributed by atoms with E-state index in [4.69, 9.17) is 0 Å². The third-order valence-electron chi connectivity index (χ3n) is 6.00. The number of carbonyl (C=O) groups excluding carboxylic acids is 3. The first-order valence-corrected chi connectivity index (χ1v) is 11.3. The molecule has 0 saturated carbocycles. The molecule has 2 aromatic rings. The van der Waals surface area contributed by atoms with Crippen LogP contribution in [-0.4, -0.2) is 41.8 Å². The zero-order valence-electron chi connectivity index (χ0n) is 17.3. The first-order chi connectivity index (χ1) is 14.4. The number of benzene rings is 1. The number of rotatable bonds is 4. The van der Waals surface area contributed by atoms with E-state index in [9.17, 15) is 14.4 Å². The topological polar surface area (TPSA) is 69.7 Å². The smallest absolute Gasteiger partial charge is 0.228 e. The van der Waals surface area contributed by atoms with Gasteiger partial charge < -0.3 is 15.1 Å². The van der Waals surface area contributed by atoms with Crippen molar-refractivity contribution in [1.82, 2.24) is 10.2 Å². The number of aryl methyl sites for hydroxylation is 1. The molecule has 2 aliphatic heterocycles. The second-order valence-corrected chi connectivity index (χ2v) is 9.15. The van der Waals surface area contributed by atoms with Crippen LogP contribution in [0.1, 0.15) is 42.7 Å². The Morgan fingerprint density at radius 2 is 1.80 bits per heavy atom. The molecule has 1 aromatic carbocycles. The number of carbonyl (C=O) groups is 3. The van der Waals surface area contributed by atoms with Crippen LogP contribution in [0.25, 0.3) is 0 Å². The molecule has 1 aromatic heterocycles. The van der Waals surface area contributed by atoms with Crippen LogP contribution >= 0.6 is 11.3 Å². The average molecular weight is 426 g/mol. The van der Waals surface area contributed by atoms with Gasteiger partial charge in [0, 0.05) is 43.0 Å². The molecule has 158 valence electrons. The van der Waals surface area contributed by atoms with Crippen molar-refractivity contribution in [3.63, 3.8) is 0 Å². The maximum absolute atomic E-state index is 13.5. The second kappa shape index (κ2) is 8.60. The Labute approximate surface area is 180 Å². The maximum Gasteiger partial charge on any atom is 0.228 e. The lowest BCUT2D eigenvalue weighted by Crippen LogP contribution is -2.48. The summed E-state index contributed by atoms with van der Waals surface area (Å²) in [6, 6.07) is 11.7. The third-order valence-corrected chi connectivity index (χ3v) is 6.94. The van der Waals surface area contributed by atoms with E-state index >= 15 is 0 Å². The minimum atomic E-state index is -0.394. The van der Waals surface area contributed by atoms with E-state index in [0.717, 1.165) is 29.0 Å². The fourth-order valence-electron chi connectivity index (χ4n) is 4.52. The van der Waals surface area contributed by atoms with Gasteiger partial charge in [-0.25, -0.2) is 0 Å². The van der Waals surface area contributed by atoms with E-state index in [1.807, 2.05) is 53.6 Å². The monoisotopic (exact) mass is 425 g/mol. The number of hydrogen-bond acceptors (Lipinski definition) is 4. The van der Waals surface area contributed by atoms with Gasteiger partial charge in [-0.3, -0.25) is 14.4 Å². The molecule has 4 rings (SSSR count). The molecule has 2 unspecified atom stereocenters. The SMILES string of the molecule is CC(=O)NC1CCN(C(=O)C2CC(=O)N(c3ccc(C)cc3)C2c2cccs2)CC1. The Balaban J connectivity index is 1.56. The van der Waals surface area contributed by atoms with Crippen LogP contribution in [0, 0.1) is 12.8 Å². The Bertz CT molecular complexity index is 918. The molecule has 3 heterocycles. The predicted molar refractivity (Wildman–Crippen MR) is 117 cm³/mol. The largest absolute Gasteiger partial charge is 0.353 e. The highest BCUT2D eigenvalue weighted by Crippen LogP contribution is 2.44. The summed E-state index contributed by atoms with van der Waals surface area (Å²) in [5.41, 5.74) is 1.97. The van der Waals surface area contributed by atoms with Crippen molar-refractivity contribution in [3.8, 4) is 0 Å². The lowest BCUT2D eigenvalue weighted by Gasteiger charge is -2.35. The van der Waals surface area contributed by atoms with E-state index < -0.39 is 5.92 Å². The van der Waals surface area contributed by atoms with Gasteiger partial charge in [0.1, 0.15) is 0 Å². The highest BCUT2D eigenvalue weighted by molar-refractivity contribution is 7.10. The zero-order chi connectivity index (χ0) is 21.3. The van der Waals surface area contributed by atoms with E-state index in [1.165, 1.54) is 6.92 Å². The summed E-state index contributed by atoms with van der Waals surface area (Å²) in [5.74, 6) is -0.399. The number of piperidine rings is 1. The van der Waals surface area contributed by atoms with Crippen LogP contribution in [0.2, 0.25) is 0 Å². The van der Waals surface area contributed by atoms with Gasteiger partial charge >= 0.3 is 0 Å². The predicted octanol–water partition coefficient (Wildman–Crippen LogP) is 3.28. The maximum atomic E-state index is 13.5. The van der Waals surface area contributed by atoms with Crippen LogP contribution in [0.3, 0.4) is 0 Å². The van der Waals surface area contributed by atoms with Crippen LogP contribution < -0.4 is 10.2 Å². The fraction of sp³-hybridized carbons (Fsp3) is 0.435. The Morgan fingerprint density at radius 3 is 2.40 bits per heavy atom. The van der Waals surface area contributed by atoms with Crippen LogP contribution in [-0.2, 0) is 14.4 Å². The summed E-state index contributed by atoms with van der Waals surface area (Å²) in [4.78, 5) is 42.5. The van der Waals surface area contributed by atoms with E-state index in [0.29, 0.717) is 13.1 Å². The Morgan fingerprint density at radius 1 is 1.10 bits per heavy atom. The first-order valence-electron chi connectivity index (χ1n) is 10.4. The number of likely N-dealkylation sites (tertiary alicyclic amines) is 1. The molecule has 6 nitrogen and oxygen atoms in total. The zero-order valence-corrected chi connectivity index (χ0v) is 18.2. The summed E-state index contributed by atoms with van der Waals surface area (Å²) in [6.07, 6.45) is 1.72. The molecule has 2 aliphatic rings. The van der Waals surface area contributed by atoms with Crippen molar-refractivity contribution in [2.75, 3.05) is 18.0 Å². The lowest BCUT2D eigenvalue weighted by molar-refractivity contribution is -0.137. The molecular weight excluding hydrogens is 398 g/mol. The molecule has 3 amide bonds. The molecule has 2 saturated heterocycles. The summed E-state index contributed by atoms with van der Waals surface area (Å²) < 4.78 is 0. The number of thiophene rings is 1. The molecule has 30 heavy (non-hydrogen) atoms. The number of anilines is 1. The van der Waals surface area contributed by atoms with Gasteiger partial charge in [0.25, 0.3) is 0 Å². The number of nitrogens with one attached hydrogen (secondary N) is 1. The summed E-state index contributed by atoms with van der Waals surface area (Å²) in [6.45, 7) is 4.75. The fourth-order valence-corrected chi connectivity index (χ4v) is 5.40. The summed E-state index contributed by atoms with van der Waals surface area (Å²) in [7, 11) is 0. The third kappa shape index (κ3) is 4.12. The van der Waals surface area contributed by atoms with Gasteiger partial charge in [-0.1, -0.05) is 23.8 Å². The normalized spacial score (nSPS) is 22.4. The van der Waals surface area contributed by atoms with Gasteiger partial charge in [0.2, 0.25) is 17.7 Å². The first kappa shape index (κ1) is 20.6. The minimum absolute atomic E-state index is 0.0104. The number of amides is 3. The van der Waals surface area contributed by atoms with Gasteiger partial charge in [-0.15, -0.1) is 11.3 Å². The number of nitrogens with zero attached hydrogens (tertiary/aromatic N) is 2. The van der Waals surface area contributed by atoms with Gasteiger partial charge in [0.15, 0.2) is 0 Å². The molecule has 0 radical (unpaired) electrons. The van der Waals surface area contributed by atoms with Crippen molar-refractivity contribution < 1.29 is 14.4 Å². The van der Waals surface area contributed by atoms with Gasteiger partial charge in [0.05, 0.1) is 12.0 Å². The molecule has 1 N–H and O–H groups in total. The lowest BCUT2D eigenvalue weighted by atomic mass is 9.95. The molecule has 0 bridgehead atoms. The molecule has 7 heteroatoms. The molecular formula is C23H27N3O3S. The summed E-state index contributed by atoms with van der Waals surface area (Å²) in [5, 5.41) is 4.94. The summed E-state index contributed by atoms with van der Waals surface area (Å²) >= 11 is 1.59. The van der Waals surface area contributed by atoms with Gasteiger partial charge in [-0.05, 0) is 43.3 Å². The van der Waals surface area contributed by atoms with E-state index in [-0.39, 0.29) is 36.2 Å². The Kier molecular flexibility index (Phi) is 5.90. The molecule has 0 aliphatic carbocycles. The molecule has 2 atom stereocenters. The van der Waals surface area contributed by atoms with Crippen molar-refractivity contribution >= 4 is 34.7 Å². The highest BCUT2D eigenvalue weighted by atomic mass is 32.1. The van der Waals surface area contributed by atoms with E-state index in [1.54, 1.807) is 16.2 Å². The van der Waals surface area contributed by atoms with Crippen LogP contribution in [0.5, 0.6) is 0 Å². The molecule has 2 fully saturated rings. The average Bonchev–Trinajstić information content (AvgIpc) is 3.36. The Hall–Kier alpha value is -2.67. The van der Waals surface area contributed by atoms with Crippen molar-refractivity contribution in [2.24, 2.45) is 5.92 Å². The quantitative estimate of drug-likeness (QED) is 0.817. The van der Waals surface area contributed by atoms with Gasteiger partial charge in [-0.2, -0.15) is 0 Å². The van der Waals surface area contributed by atoms with Crippen molar-refractivity contribution in [1.29, 1.82) is 0 Å². The van der Waals surface area contributed by atoms with E-state index in [2.05, 4.69) is 5.32 Å². The standard InChI is InChI=1S/C23H27N3O3S/c1-15-5-7-18(8-6-15)26-21(28)14-19(22(26)20-4-3-13-30-20)23(29)25-11-9-17(10-12-25)24-16(2)27/h3-8,13,17,19,22H,9-12,14H2,1-2H3,(H,24,27). The minimum Gasteiger partial charge on any atom is -0.353 e. The van der Waals surface area contributed by atoms with Crippen LogP contribution in [0.15, 0.2) is 41.8 Å². The highest BCUT2D eigenvalue weighted by Gasteiger charge is 2.47.